The Morgan fingerprint density at radius 1 is 1.32 bits per heavy atom. The number of carbonyl (C=O) groups excluding carboxylic acids is 1. The Morgan fingerprint density at radius 2 is 2.00 bits per heavy atom. The van der Waals surface area contributed by atoms with E-state index in [0.717, 1.165) is 0 Å². The number of methoxy groups -OCH3 is 1. The highest BCUT2D eigenvalue weighted by molar-refractivity contribution is 9.10. The maximum Gasteiger partial charge on any atom is 0.251 e. The lowest BCUT2D eigenvalue weighted by Crippen LogP contribution is -2.28. The fourth-order valence-electron chi connectivity index (χ4n) is 1.90. The number of hydrogen-bond acceptors (Lipinski definition) is 3. The Kier molecular flexibility index (Phi) is 5.83. The van der Waals surface area contributed by atoms with Crippen molar-refractivity contribution in [3.8, 4) is 5.75 Å². The standard InChI is InChI=1S/C16H15BrClNO3/c1-22-15-7-4-11(8-13(15)17)16(21)19-9-14(20)10-2-5-12(18)6-3-10/h2-8,14,20H,9H2,1H3,(H,19,21). The van der Waals surface area contributed by atoms with Crippen LogP contribution in [0.5, 0.6) is 5.75 Å². The first-order chi connectivity index (χ1) is 10.5. The van der Waals surface area contributed by atoms with Crippen LogP contribution >= 0.6 is 27.5 Å². The number of halogens is 2. The predicted molar refractivity (Wildman–Crippen MR) is 89.4 cm³/mol. The lowest BCUT2D eigenvalue weighted by Gasteiger charge is -2.13. The summed E-state index contributed by atoms with van der Waals surface area (Å²) in [7, 11) is 1.56. The molecular weight excluding hydrogens is 370 g/mol. The maximum absolute atomic E-state index is 12.1. The van der Waals surface area contributed by atoms with Gasteiger partial charge in [-0.15, -0.1) is 0 Å². The van der Waals surface area contributed by atoms with Crippen LogP contribution in [0.2, 0.25) is 5.02 Å². The van der Waals surface area contributed by atoms with Crippen molar-refractivity contribution in [2.75, 3.05) is 13.7 Å². The normalized spacial score (nSPS) is 11.8. The maximum atomic E-state index is 12.1. The molecule has 2 aromatic carbocycles. The van der Waals surface area contributed by atoms with Crippen molar-refractivity contribution in [1.29, 1.82) is 0 Å². The minimum absolute atomic E-state index is 0.115. The summed E-state index contributed by atoms with van der Waals surface area (Å²) < 4.78 is 5.81. The molecule has 0 saturated carbocycles. The summed E-state index contributed by atoms with van der Waals surface area (Å²) in [6.07, 6.45) is -0.789. The molecule has 116 valence electrons. The van der Waals surface area contributed by atoms with Gasteiger partial charge in [0, 0.05) is 17.1 Å². The van der Waals surface area contributed by atoms with Gasteiger partial charge in [-0.1, -0.05) is 23.7 Å². The Labute approximate surface area is 142 Å². The number of aliphatic hydroxyl groups excluding tert-OH is 1. The second-order valence-corrected chi connectivity index (χ2v) is 5.92. The van der Waals surface area contributed by atoms with Crippen molar-refractivity contribution in [3.05, 3.63) is 63.1 Å². The van der Waals surface area contributed by atoms with Gasteiger partial charge in [-0.3, -0.25) is 4.79 Å². The number of hydrogen-bond donors (Lipinski definition) is 2. The average Bonchev–Trinajstić information content (AvgIpc) is 2.52. The van der Waals surface area contributed by atoms with Crippen molar-refractivity contribution >= 4 is 33.4 Å². The van der Waals surface area contributed by atoms with Crippen LogP contribution in [0, 0.1) is 0 Å². The zero-order chi connectivity index (χ0) is 16.1. The molecule has 0 aliphatic heterocycles. The number of ether oxygens (including phenoxy) is 1. The minimum Gasteiger partial charge on any atom is -0.496 e. The second-order valence-electron chi connectivity index (χ2n) is 4.63. The summed E-state index contributed by atoms with van der Waals surface area (Å²) >= 11 is 9.13. The molecule has 2 aromatic rings. The van der Waals surface area contributed by atoms with Gasteiger partial charge < -0.3 is 15.2 Å². The first-order valence-electron chi connectivity index (χ1n) is 6.56. The molecular formula is C16H15BrClNO3. The summed E-state index contributed by atoms with van der Waals surface area (Å²) in [4.78, 5) is 12.1. The van der Waals surface area contributed by atoms with Gasteiger partial charge in [0.1, 0.15) is 5.75 Å². The summed E-state index contributed by atoms with van der Waals surface area (Å²) in [5.74, 6) is 0.383. The lowest BCUT2D eigenvalue weighted by molar-refractivity contribution is 0.0916. The van der Waals surface area contributed by atoms with Crippen LogP contribution in [-0.2, 0) is 0 Å². The number of aliphatic hydroxyl groups is 1. The van der Waals surface area contributed by atoms with Crippen molar-refractivity contribution < 1.29 is 14.6 Å². The zero-order valence-electron chi connectivity index (χ0n) is 11.8. The van der Waals surface area contributed by atoms with Gasteiger partial charge in [0.05, 0.1) is 17.7 Å². The third kappa shape index (κ3) is 4.22. The highest BCUT2D eigenvalue weighted by Crippen LogP contribution is 2.25. The number of amides is 1. The predicted octanol–water partition coefficient (Wildman–Crippen LogP) is 3.57. The number of carbonyl (C=O) groups is 1. The van der Waals surface area contributed by atoms with E-state index >= 15 is 0 Å². The number of rotatable bonds is 5. The van der Waals surface area contributed by atoms with Crippen molar-refractivity contribution in [2.45, 2.75) is 6.10 Å². The highest BCUT2D eigenvalue weighted by Gasteiger charge is 2.12. The summed E-state index contributed by atoms with van der Waals surface area (Å²) in [5, 5.41) is 13.3. The van der Waals surface area contributed by atoms with Crippen LogP contribution in [0.15, 0.2) is 46.9 Å². The van der Waals surface area contributed by atoms with Gasteiger partial charge in [0.25, 0.3) is 5.91 Å². The summed E-state index contributed by atoms with van der Waals surface area (Å²) in [6, 6.07) is 11.9. The van der Waals surface area contributed by atoms with E-state index < -0.39 is 6.10 Å². The third-order valence-corrected chi connectivity index (χ3v) is 4.00. The molecule has 0 spiro atoms. The van der Waals surface area contributed by atoms with Gasteiger partial charge in [0.2, 0.25) is 0 Å². The van der Waals surface area contributed by atoms with Gasteiger partial charge in [0.15, 0.2) is 0 Å². The van der Waals surface area contributed by atoms with E-state index in [1.54, 1.807) is 49.6 Å². The molecule has 2 rings (SSSR count). The van der Waals surface area contributed by atoms with Gasteiger partial charge in [-0.2, -0.15) is 0 Å². The molecule has 6 heteroatoms. The zero-order valence-corrected chi connectivity index (χ0v) is 14.2. The molecule has 1 unspecified atom stereocenters. The molecule has 0 saturated heterocycles. The monoisotopic (exact) mass is 383 g/mol. The van der Waals surface area contributed by atoms with E-state index in [4.69, 9.17) is 16.3 Å². The Bertz CT molecular complexity index is 661. The molecule has 0 fully saturated rings. The first-order valence-corrected chi connectivity index (χ1v) is 7.73. The number of nitrogens with one attached hydrogen (secondary N) is 1. The first kappa shape index (κ1) is 16.8. The molecule has 0 aliphatic rings. The molecule has 0 aromatic heterocycles. The van der Waals surface area contributed by atoms with Crippen molar-refractivity contribution in [1.82, 2.24) is 5.32 Å². The highest BCUT2D eigenvalue weighted by atomic mass is 79.9. The molecule has 0 aliphatic carbocycles. The number of benzene rings is 2. The van der Waals surface area contributed by atoms with E-state index in [1.807, 2.05) is 0 Å². The van der Waals surface area contributed by atoms with E-state index in [2.05, 4.69) is 21.2 Å². The van der Waals surface area contributed by atoms with Crippen LogP contribution in [0.4, 0.5) is 0 Å². The van der Waals surface area contributed by atoms with Crippen LogP contribution in [-0.4, -0.2) is 24.7 Å². The summed E-state index contributed by atoms with van der Waals surface area (Å²) in [5.41, 5.74) is 1.18. The smallest absolute Gasteiger partial charge is 0.251 e. The SMILES string of the molecule is COc1ccc(C(=O)NCC(O)c2ccc(Cl)cc2)cc1Br. The molecule has 22 heavy (non-hydrogen) atoms. The Hall–Kier alpha value is -1.56. The van der Waals surface area contributed by atoms with E-state index in [1.165, 1.54) is 0 Å². The van der Waals surface area contributed by atoms with Crippen LogP contribution in [0.3, 0.4) is 0 Å². The van der Waals surface area contributed by atoms with Crippen LogP contribution in [0.1, 0.15) is 22.0 Å². The van der Waals surface area contributed by atoms with Gasteiger partial charge >= 0.3 is 0 Å². The molecule has 1 amide bonds. The molecule has 0 bridgehead atoms. The van der Waals surface area contributed by atoms with Crippen LogP contribution in [0.25, 0.3) is 0 Å². The molecule has 1 atom stereocenters. The fraction of sp³-hybridized carbons (Fsp3) is 0.188. The van der Waals surface area contributed by atoms with E-state index in [0.29, 0.717) is 26.4 Å². The van der Waals surface area contributed by atoms with Crippen LogP contribution < -0.4 is 10.1 Å². The second kappa shape index (κ2) is 7.63. The van der Waals surface area contributed by atoms with Crippen molar-refractivity contribution in [3.63, 3.8) is 0 Å². The van der Waals surface area contributed by atoms with Gasteiger partial charge in [-0.05, 0) is 51.8 Å². The largest absolute Gasteiger partial charge is 0.496 e. The van der Waals surface area contributed by atoms with Crippen molar-refractivity contribution in [2.24, 2.45) is 0 Å². The topological polar surface area (TPSA) is 58.6 Å². The lowest BCUT2D eigenvalue weighted by atomic mass is 10.1. The Morgan fingerprint density at radius 3 is 2.59 bits per heavy atom. The average molecular weight is 385 g/mol. The quantitative estimate of drug-likeness (QED) is 0.828. The third-order valence-electron chi connectivity index (χ3n) is 3.12. The minimum atomic E-state index is -0.789. The van der Waals surface area contributed by atoms with Gasteiger partial charge in [-0.25, -0.2) is 0 Å². The Balaban J connectivity index is 1.97. The molecule has 2 N–H and O–H groups in total. The molecule has 0 heterocycles. The van der Waals surface area contributed by atoms with E-state index in [9.17, 15) is 9.90 Å². The van der Waals surface area contributed by atoms with E-state index in [-0.39, 0.29) is 12.5 Å². The molecule has 4 nitrogen and oxygen atoms in total. The summed E-state index contributed by atoms with van der Waals surface area (Å²) in [6.45, 7) is 0.115. The molecule has 0 radical (unpaired) electrons. The fourth-order valence-corrected chi connectivity index (χ4v) is 2.57.